The minimum absolute atomic E-state index is 0.0255. The van der Waals surface area contributed by atoms with Crippen molar-refractivity contribution in [3.8, 4) is 5.75 Å². The lowest BCUT2D eigenvalue weighted by Crippen LogP contribution is -2.32. The number of carbonyl (C=O) groups is 1. The molecular formula is C17H27ClN2O4S. The summed E-state index contributed by atoms with van der Waals surface area (Å²) in [6.07, 6.45) is 3.03. The van der Waals surface area contributed by atoms with Crippen molar-refractivity contribution in [1.29, 1.82) is 0 Å². The Bertz CT molecular complexity index is 661. The molecule has 0 aliphatic rings. The van der Waals surface area contributed by atoms with Crippen molar-refractivity contribution in [3.05, 3.63) is 23.2 Å². The average Bonchev–Trinajstić information content (AvgIpc) is 2.58. The number of carbonyl (C=O) groups excluding carboxylic acids is 1. The number of unbranched alkanes of at least 4 members (excludes halogenated alkanes) is 2. The van der Waals surface area contributed by atoms with Crippen molar-refractivity contribution in [2.45, 2.75) is 44.9 Å². The minimum atomic E-state index is -3.73. The van der Waals surface area contributed by atoms with Crippen LogP contribution in [0.3, 0.4) is 0 Å². The fourth-order valence-electron chi connectivity index (χ4n) is 2.30. The number of benzene rings is 1. The fraction of sp³-hybridized carbons (Fsp3) is 0.588. The molecule has 8 heteroatoms. The molecule has 1 N–H and O–H groups in total. The van der Waals surface area contributed by atoms with Gasteiger partial charge in [0.05, 0.1) is 0 Å². The second-order valence-corrected chi connectivity index (χ2v) is 7.87. The Hall–Kier alpha value is -1.31. The first-order valence-corrected chi connectivity index (χ1v) is 10.4. The van der Waals surface area contributed by atoms with E-state index < -0.39 is 10.0 Å². The van der Waals surface area contributed by atoms with E-state index in [1.54, 1.807) is 13.8 Å². The molecule has 1 rings (SSSR count). The van der Waals surface area contributed by atoms with Gasteiger partial charge in [-0.2, -0.15) is 4.31 Å². The summed E-state index contributed by atoms with van der Waals surface area (Å²) in [7, 11) is -3.73. The zero-order valence-electron chi connectivity index (χ0n) is 15.0. The quantitative estimate of drug-likeness (QED) is 0.589. The average molecular weight is 391 g/mol. The van der Waals surface area contributed by atoms with Gasteiger partial charge in [0.25, 0.3) is 5.91 Å². The van der Waals surface area contributed by atoms with Crippen molar-refractivity contribution in [2.24, 2.45) is 0 Å². The molecule has 0 heterocycles. The van der Waals surface area contributed by atoms with Crippen LogP contribution in [0.4, 0.5) is 0 Å². The number of nitrogens with one attached hydrogen (secondary N) is 1. The Balaban J connectivity index is 2.86. The first kappa shape index (κ1) is 21.7. The van der Waals surface area contributed by atoms with Crippen LogP contribution in [0.1, 0.15) is 40.0 Å². The highest BCUT2D eigenvalue weighted by Gasteiger charge is 2.26. The van der Waals surface area contributed by atoms with Gasteiger partial charge in [-0.05, 0) is 24.6 Å². The summed E-state index contributed by atoms with van der Waals surface area (Å²) in [5.41, 5.74) is 0. The van der Waals surface area contributed by atoms with Gasteiger partial charge in [0.2, 0.25) is 10.0 Å². The van der Waals surface area contributed by atoms with Crippen LogP contribution in [0.15, 0.2) is 23.1 Å². The third-order valence-electron chi connectivity index (χ3n) is 3.69. The van der Waals surface area contributed by atoms with E-state index in [1.165, 1.54) is 22.5 Å². The van der Waals surface area contributed by atoms with Crippen LogP contribution in [0.25, 0.3) is 0 Å². The van der Waals surface area contributed by atoms with E-state index in [9.17, 15) is 13.2 Å². The number of sulfonamides is 1. The van der Waals surface area contributed by atoms with Crippen molar-refractivity contribution in [3.63, 3.8) is 0 Å². The summed E-state index contributed by atoms with van der Waals surface area (Å²) >= 11 is 5.96. The number of ether oxygens (including phenoxy) is 1. The molecule has 142 valence electrons. The van der Waals surface area contributed by atoms with E-state index in [0.29, 0.717) is 24.7 Å². The van der Waals surface area contributed by atoms with E-state index >= 15 is 0 Å². The maximum Gasteiger partial charge on any atom is 0.257 e. The van der Waals surface area contributed by atoms with Gasteiger partial charge in [-0.3, -0.25) is 4.79 Å². The SMILES string of the molecule is CCCCCNC(=O)COc1ccc(Cl)cc1S(=O)(=O)N(CC)CC. The molecule has 1 aromatic rings. The van der Waals surface area contributed by atoms with Crippen LogP contribution in [0, 0.1) is 0 Å². The van der Waals surface area contributed by atoms with E-state index in [-0.39, 0.29) is 23.2 Å². The molecule has 1 amide bonds. The second-order valence-electron chi connectivity index (χ2n) is 5.53. The van der Waals surface area contributed by atoms with Gasteiger partial charge in [0.15, 0.2) is 6.61 Å². The van der Waals surface area contributed by atoms with Crippen LogP contribution in [0.2, 0.25) is 5.02 Å². The Kier molecular flexibility index (Phi) is 9.24. The molecule has 0 fully saturated rings. The minimum Gasteiger partial charge on any atom is -0.482 e. The zero-order valence-corrected chi connectivity index (χ0v) is 16.6. The van der Waals surface area contributed by atoms with Crippen molar-refractivity contribution in [1.82, 2.24) is 9.62 Å². The summed E-state index contributed by atoms with van der Waals surface area (Å²) in [6, 6.07) is 4.37. The van der Waals surface area contributed by atoms with Crippen LogP contribution >= 0.6 is 11.6 Å². The van der Waals surface area contributed by atoms with Gasteiger partial charge in [-0.25, -0.2) is 8.42 Å². The van der Waals surface area contributed by atoms with Gasteiger partial charge < -0.3 is 10.1 Å². The maximum absolute atomic E-state index is 12.7. The molecule has 0 radical (unpaired) electrons. The lowest BCUT2D eigenvalue weighted by molar-refractivity contribution is -0.123. The van der Waals surface area contributed by atoms with Crippen molar-refractivity contribution >= 4 is 27.5 Å². The van der Waals surface area contributed by atoms with Gasteiger partial charge in [0.1, 0.15) is 10.6 Å². The predicted octanol–water partition coefficient (Wildman–Crippen LogP) is 3.06. The Morgan fingerprint density at radius 3 is 2.48 bits per heavy atom. The molecular weight excluding hydrogens is 364 g/mol. The molecule has 0 saturated heterocycles. The highest BCUT2D eigenvalue weighted by Crippen LogP contribution is 2.29. The number of amides is 1. The highest BCUT2D eigenvalue weighted by atomic mass is 35.5. The molecule has 0 atom stereocenters. The van der Waals surface area contributed by atoms with Gasteiger partial charge in [0, 0.05) is 24.7 Å². The Morgan fingerprint density at radius 2 is 1.88 bits per heavy atom. The van der Waals surface area contributed by atoms with Gasteiger partial charge in [-0.1, -0.05) is 45.2 Å². The third-order valence-corrected chi connectivity index (χ3v) is 6.00. The molecule has 1 aromatic carbocycles. The van der Waals surface area contributed by atoms with E-state index in [2.05, 4.69) is 12.2 Å². The molecule has 0 saturated carbocycles. The molecule has 6 nitrogen and oxygen atoms in total. The fourth-order valence-corrected chi connectivity index (χ4v) is 4.15. The summed E-state index contributed by atoms with van der Waals surface area (Å²) in [6.45, 7) is 6.62. The lowest BCUT2D eigenvalue weighted by atomic mass is 10.2. The van der Waals surface area contributed by atoms with E-state index in [1.807, 2.05) is 0 Å². The molecule has 0 aliphatic carbocycles. The third kappa shape index (κ3) is 6.49. The molecule has 25 heavy (non-hydrogen) atoms. The maximum atomic E-state index is 12.7. The number of rotatable bonds is 11. The Labute approximate surface area is 155 Å². The molecule has 0 aromatic heterocycles. The summed E-state index contributed by atoms with van der Waals surface area (Å²) < 4.78 is 32.3. The summed E-state index contributed by atoms with van der Waals surface area (Å²) in [5.74, 6) is -0.155. The van der Waals surface area contributed by atoms with Crippen LogP contribution in [-0.4, -0.2) is 44.9 Å². The molecule has 0 unspecified atom stereocenters. The van der Waals surface area contributed by atoms with Crippen LogP contribution < -0.4 is 10.1 Å². The van der Waals surface area contributed by atoms with Gasteiger partial charge in [-0.15, -0.1) is 0 Å². The number of hydrogen-bond donors (Lipinski definition) is 1. The van der Waals surface area contributed by atoms with E-state index in [0.717, 1.165) is 19.3 Å². The first-order valence-electron chi connectivity index (χ1n) is 8.55. The van der Waals surface area contributed by atoms with E-state index in [4.69, 9.17) is 16.3 Å². The normalized spacial score (nSPS) is 11.6. The predicted molar refractivity (Wildman–Crippen MR) is 99.6 cm³/mol. The van der Waals surface area contributed by atoms with Gasteiger partial charge >= 0.3 is 0 Å². The molecule has 0 bridgehead atoms. The topological polar surface area (TPSA) is 75.7 Å². The number of nitrogens with zero attached hydrogens (tertiary/aromatic N) is 1. The van der Waals surface area contributed by atoms with Crippen LogP contribution in [-0.2, 0) is 14.8 Å². The van der Waals surface area contributed by atoms with Crippen LogP contribution in [0.5, 0.6) is 5.75 Å². The Morgan fingerprint density at radius 1 is 1.20 bits per heavy atom. The molecule has 0 spiro atoms. The monoisotopic (exact) mass is 390 g/mol. The van der Waals surface area contributed by atoms with Crippen molar-refractivity contribution < 1.29 is 17.9 Å². The smallest absolute Gasteiger partial charge is 0.257 e. The zero-order chi connectivity index (χ0) is 18.9. The second kappa shape index (κ2) is 10.6. The first-order chi connectivity index (χ1) is 11.9. The summed E-state index contributed by atoms with van der Waals surface area (Å²) in [5, 5.41) is 3.05. The van der Waals surface area contributed by atoms with Crippen molar-refractivity contribution in [2.75, 3.05) is 26.2 Å². The largest absolute Gasteiger partial charge is 0.482 e. The standard InChI is InChI=1S/C17H27ClN2O4S/c1-4-7-8-11-19-17(21)13-24-15-10-9-14(18)12-16(15)25(22,23)20(5-2)6-3/h9-10,12H,4-8,11,13H2,1-3H3,(H,19,21). The number of hydrogen-bond acceptors (Lipinski definition) is 4. The summed E-state index contributed by atoms with van der Waals surface area (Å²) in [4.78, 5) is 11.8. The lowest BCUT2D eigenvalue weighted by Gasteiger charge is -2.20. The number of halogens is 1. The molecule has 0 aliphatic heterocycles. The highest BCUT2D eigenvalue weighted by molar-refractivity contribution is 7.89.